The van der Waals surface area contributed by atoms with Crippen molar-refractivity contribution in [2.75, 3.05) is 6.61 Å². The second-order valence-corrected chi connectivity index (χ2v) is 5.52. The van der Waals surface area contributed by atoms with E-state index in [1.165, 1.54) is 6.07 Å². The van der Waals surface area contributed by atoms with Crippen LogP contribution in [0.3, 0.4) is 0 Å². The number of ether oxygens (including phenoxy) is 1. The molecular weight excluding hydrogens is 267 g/mol. The summed E-state index contributed by atoms with van der Waals surface area (Å²) in [5.41, 5.74) is 0.157. The molecule has 1 aliphatic carbocycles. The Hall–Kier alpha value is -0.640. The van der Waals surface area contributed by atoms with Crippen LogP contribution in [0.4, 0.5) is 4.39 Å². The summed E-state index contributed by atoms with van der Waals surface area (Å²) in [6.07, 6.45) is 3.52. The van der Waals surface area contributed by atoms with Gasteiger partial charge in [-0.2, -0.15) is 0 Å². The van der Waals surface area contributed by atoms with Crippen LogP contribution in [-0.4, -0.2) is 23.4 Å². The molecular formula is C15H20ClFO2. The molecule has 2 rings (SSSR count). The van der Waals surface area contributed by atoms with Gasteiger partial charge in [0.05, 0.1) is 16.7 Å². The first kappa shape index (κ1) is 14.8. The van der Waals surface area contributed by atoms with E-state index in [2.05, 4.69) is 0 Å². The van der Waals surface area contributed by atoms with Gasteiger partial charge in [0.15, 0.2) is 0 Å². The molecule has 1 aromatic rings. The normalized spacial score (nSPS) is 19.6. The summed E-state index contributed by atoms with van der Waals surface area (Å²) >= 11 is 5.94. The second-order valence-electron chi connectivity index (χ2n) is 5.14. The van der Waals surface area contributed by atoms with Crippen LogP contribution in [0.5, 0.6) is 0 Å². The monoisotopic (exact) mass is 286 g/mol. The smallest absolute Gasteiger partial charge is 0.142 e. The summed E-state index contributed by atoms with van der Waals surface area (Å²) < 4.78 is 19.2. The zero-order chi connectivity index (χ0) is 13.9. The van der Waals surface area contributed by atoms with Crippen molar-refractivity contribution < 1.29 is 14.2 Å². The molecule has 1 unspecified atom stereocenters. The van der Waals surface area contributed by atoms with Gasteiger partial charge in [-0.1, -0.05) is 36.6 Å². The molecule has 106 valence electrons. The van der Waals surface area contributed by atoms with Crippen molar-refractivity contribution in [3.05, 3.63) is 34.6 Å². The SMILES string of the molecule is CCOC1(C(O)Cc2cccc(F)c2Cl)CCCC1. The molecule has 0 aromatic heterocycles. The van der Waals surface area contributed by atoms with E-state index >= 15 is 0 Å². The van der Waals surface area contributed by atoms with Gasteiger partial charge in [-0.15, -0.1) is 0 Å². The third-order valence-corrected chi connectivity index (χ3v) is 4.36. The van der Waals surface area contributed by atoms with E-state index < -0.39 is 17.5 Å². The van der Waals surface area contributed by atoms with Crippen molar-refractivity contribution in [1.82, 2.24) is 0 Å². The maximum atomic E-state index is 13.4. The summed E-state index contributed by atoms with van der Waals surface area (Å²) in [4.78, 5) is 0. The second kappa shape index (κ2) is 6.21. The first-order valence-corrected chi connectivity index (χ1v) is 7.22. The molecule has 0 amide bonds. The minimum Gasteiger partial charge on any atom is -0.390 e. The zero-order valence-corrected chi connectivity index (χ0v) is 11.9. The van der Waals surface area contributed by atoms with Gasteiger partial charge in [-0.05, 0) is 31.4 Å². The van der Waals surface area contributed by atoms with Crippen molar-refractivity contribution in [3.63, 3.8) is 0 Å². The molecule has 0 heterocycles. The minimum atomic E-state index is -0.644. The molecule has 1 saturated carbocycles. The molecule has 1 atom stereocenters. The Morgan fingerprint density at radius 3 is 2.74 bits per heavy atom. The van der Waals surface area contributed by atoms with Gasteiger partial charge in [0, 0.05) is 13.0 Å². The van der Waals surface area contributed by atoms with Crippen molar-refractivity contribution in [3.8, 4) is 0 Å². The maximum absolute atomic E-state index is 13.4. The highest BCUT2D eigenvalue weighted by Gasteiger charge is 2.41. The highest BCUT2D eigenvalue weighted by molar-refractivity contribution is 6.31. The number of rotatable bonds is 5. The van der Waals surface area contributed by atoms with Gasteiger partial charge in [0.25, 0.3) is 0 Å². The molecule has 1 aromatic carbocycles. The molecule has 1 aliphatic rings. The van der Waals surface area contributed by atoms with Gasteiger partial charge in [0.1, 0.15) is 5.82 Å². The van der Waals surface area contributed by atoms with Crippen molar-refractivity contribution in [1.29, 1.82) is 0 Å². The van der Waals surface area contributed by atoms with Crippen LogP contribution in [0, 0.1) is 5.82 Å². The van der Waals surface area contributed by atoms with Gasteiger partial charge in [0.2, 0.25) is 0 Å². The van der Waals surface area contributed by atoms with E-state index in [4.69, 9.17) is 16.3 Å². The van der Waals surface area contributed by atoms with Gasteiger partial charge >= 0.3 is 0 Å². The van der Waals surface area contributed by atoms with Crippen molar-refractivity contribution in [2.45, 2.75) is 50.7 Å². The van der Waals surface area contributed by atoms with E-state index in [0.29, 0.717) is 18.6 Å². The first-order valence-electron chi connectivity index (χ1n) is 6.84. The Balaban J connectivity index is 2.15. The summed E-state index contributed by atoms with van der Waals surface area (Å²) in [6, 6.07) is 4.70. The lowest BCUT2D eigenvalue weighted by molar-refractivity contribution is -0.115. The Bertz CT molecular complexity index is 430. The Labute approximate surface area is 118 Å². The Morgan fingerprint density at radius 2 is 2.11 bits per heavy atom. The molecule has 0 bridgehead atoms. The minimum absolute atomic E-state index is 0.103. The lowest BCUT2D eigenvalue weighted by Crippen LogP contribution is -2.43. The van der Waals surface area contributed by atoms with Gasteiger partial charge in [-0.3, -0.25) is 0 Å². The summed E-state index contributed by atoms with van der Waals surface area (Å²) in [7, 11) is 0. The molecule has 19 heavy (non-hydrogen) atoms. The van der Waals surface area contributed by atoms with Crippen LogP contribution in [0.25, 0.3) is 0 Å². The lowest BCUT2D eigenvalue weighted by Gasteiger charge is -2.34. The fourth-order valence-corrected chi connectivity index (χ4v) is 3.14. The maximum Gasteiger partial charge on any atom is 0.142 e. The summed E-state index contributed by atoms with van der Waals surface area (Å²) in [5.74, 6) is -0.441. The third kappa shape index (κ3) is 3.10. The average molecular weight is 287 g/mol. The number of hydrogen-bond donors (Lipinski definition) is 1. The number of hydrogen-bond acceptors (Lipinski definition) is 2. The highest BCUT2D eigenvalue weighted by atomic mass is 35.5. The third-order valence-electron chi connectivity index (χ3n) is 3.93. The molecule has 4 heteroatoms. The Morgan fingerprint density at radius 1 is 1.42 bits per heavy atom. The predicted octanol–water partition coefficient (Wildman–Crippen LogP) is 3.73. The standard InChI is InChI=1S/C15H20ClFO2/c1-2-19-15(8-3-4-9-15)13(18)10-11-6-5-7-12(17)14(11)16/h5-7,13,18H,2-4,8-10H2,1H3. The number of benzene rings is 1. The van der Waals surface area contributed by atoms with Crippen LogP contribution in [0.15, 0.2) is 18.2 Å². The molecule has 0 spiro atoms. The van der Waals surface area contributed by atoms with Crippen molar-refractivity contribution >= 4 is 11.6 Å². The highest BCUT2D eigenvalue weighted by Crippen LogP contribution is 2.38. The quantitative estimate of drug-likeness (QED) is 0.894. The fraction of sp³-hybridized carbons (Fsp3) is 0.600. The number of aliphatic hydroxyl groups excluding tert-OH is 1. The zero-order valence-electron chi connectivity index (χ0n) is 11.2. The van der Waals surface area contributed by atoms with Crippen LogP contribution >= 0.6 is 11.6 Å². The molecule has 1 N–H and O–H groups in total. The van der Waals surface area contributed by atoms with Crippen LogP contribution in [0.1, 0.15) is 38.2 Å². The van der Waals surface area contributed by atoms with Gasteiger partial charge in [-0.25, -0.2) is 4.39 Å². The number of halogens is 2. The van der Waals surface area contributed by atoms with E-state index in [9.17, 15) is 9.50 Å². The van der Waals surface area contributed by atoms with Crippen LogP contribution in [0.2, 0.25) is 5.02 Å². The largest absolute Gasteiger partial charge is 0.390 e. The van der Waals surface area contributed by atoms with E-state index in [0.717, 1.165) is 25.7 Å². The van der Waals surface area contributed by atoms with Crippen LogP contribution in [-0.2, 0) is 11.2 Å². The Kier molecular flexibility index (Phi) is 4.82. The fourth-order valence-electron chi connectivity index (χ4n) is 2.94. The summed E-state index contributed by atoms with van der Waals surface area (Å²) in [5, 5.41) is 10.6. The molecule has 0 saturated heterocycles. The molecule has 2 nitrogen and oxygen atoms in total. The van der Waals surface area contributed by atoms with Gasteiger partial charge < -0.3 is 9.84 Å². The predicted molar refractivity (Wildman–Crippen MR) is 73.9 cm³/mol. The molecule has 0 radical (unpaired) electrons. The average Bonchev–Trinajstić information content (AvgIpc) is 2.85. The number of aliphatic hydroxyl groups is 1. The topological polar surface area (TPSA) is 29.5 Å². The summed E-state index contributed by atoms with van der Waals surface area (Å²) in [6.45, 7) is 2.51. The molecule has 1 fully saturated rings. The van der Waals surface area contributed by atoms with Crippen molar-refractivity contribution in [2.24, 2.45) is 0 Å². The molecule has 0 aliphatic heterocycles. The lowest BCUT2D eigenvalue weighted by atomic mass is 9.89. The van der Waals surface area contributed by atoms with Crippen LogP contribution < -0.4 is 0 Å². The first-order chi connectivity index (χ1) is 9.09. The van der Waals surface area contributed by atoms with E-state index in [-0.39, 0.29) is 5.02 Å². The van der Waals surface area contributed by atoms with E-state index in [1.807, 2.05) is 6.92 Å². The van der Waals surface area contributed by atoms with E-state index in [1.54, 1.807) is 12.1 Å².